The Kier molecular flexibility index (Phi) is 4.34. The number of anilines is 1. The van der Waals surface area contributed by atoms with Gasteiger partial charge in [0.2, 0.25) is 0 Å². The number of carboxylic acid groups (broad SMARTS) is 1. The Morgan fingerprint density at radius 2 is 2.44 bits per heavy atom. The number of carbonyl (C=O) groups is 1. The van der Waals surface area contributed by atoms with Crippen molar-refractivity contribution in [1.82, 2.24) is 4.98 Å². The average Bonchev–Trinajstić information content (AvgIpc) is 2.29. The lowest BCUT2D eigenvalue weighted by Gasteiger charge is -2.22. The number of carboxylic acids is 1. The van der Waals surface area contributed by atoms with Crippen molar-refractivity contribution < 1.29 is 9.90 Å². The van der Waals surface area contributed by atoms with Gasteiger partial charge in [-0.2, -0.15) is 0 Å². The first-order valence-corrected chi connectivity index (χ1v) is 5.06. The molecule has 0 atom stereocenters. The number of aromatic carboxylic acids is 1. The van der Waals surface area contributed by atoms with Crippen molar-refractivity contribution in [3.05, 3.63) is 24.0 Å². The molecular formula is C12H14N2O2. The minimum absolute atomic E-state index is 0.186. The summed E-state index contributed by atoms with van der Waals surface area (Å²) in [6, 6.07) is 1.68. The van der Waals surface area contributed by atoms with Gasteiger partial charge < -0.3 is 10.0 Å². The maximum atomic E-state index is 11.0. The van der Waals surface area contributed by atoms with E-state index in [-0.39, 0.29) is 5.56 Å². The summed E-state index contributed by atoms with van der Waals surface area (Å²) in [6.45, 7) is 3.15. The van der Waals surface area contributed by atoms with Gasteiger partial charge in [0.25, 0.3) is 0 Å². The zero-order valence-corrected chi connectivity index (χ0v) is 9.18. The number of hydrogen-bond donors (Lipinski definition) is 1. The summed E-state index contributed by atoms with van der Waals surface area (Å²) in [6.07, 6.45) is 9.09. The number of terminal acetylenes is 1. The van der Waals surface area contributed by atoms with Gasteiger partial charge in [0.05, 0.1) is 12.2 Å². The van der Waals surface area contributed by atoms with Gasteiger partial charge in [0.1, 0.15) is 5.56 Å². The van der Waals surface area contributed by atoms with Crippen LogP contribution in [0.3, 0.4) is 0 Å². The van der Waals surface area contributed by atoms with Crippen molar-refractivity contribution in [3.8, 4) is 12.3 Å². The van der Waals surface area contributed by atoms with Crippen molar-refractivity contribution in [3.63, 3.8) is 0 Å². The topological polar surface area (TPSA) is 53.4 Å². The molecule has 0 spiro atoms. The molecular weight excluding hydrogens is 204 g/mol. The molecule has 0 aliphatic rings. The van der Waals surface area contributed by atoms with Crippen LogP contribution in [-0.4, -0.2) is 29.1 Å². The van der Waals surface area contributed by atoms with Crippen LogP contribution in [0.2, 0.25) is 0 Å². The summed E-state index contributed by atoms with van der Waals surface area (Å²) in [4.78, 5) is 16.7. The van der Waals surface area contributed by atoms with E-state index in [1.54, 1.807) is 12.3 Å². The van der Waals surface area contributed by atoms with Crippen molar-refractivity contribution in [2.45, 2.75) is 13.3 Å². The van der Waals surface area contributed by atoms with E-state index in [1.807, 2.05) is 11.8 Å². The molecule has 16 heavy (non-hydrogen) atoms. The predicted octanol–water partition coefficient (Wildman–Crippen LogP) is 1.63. The summed E-state index contributed by atoms with van der Waals surface area (Å²) in [5.74, 6) is 1.54. The number of rotatable bonds is 5. The molecule has 0 aromatic carbocycles. The van der Waals surface area contributed by atoms with E-state index < -0.39 is 5.97 Å². The largest absolute Gasteiger partial charge is 0.478 e. The molecule has 0 amide bonds. The Labute approximate surface area is 94.9 Å². The van der Waals surface area contributed by atoms with Crippen molar-refractivity contribution in [2.24, 2.45) is 0 Å². The van der Waals surface area contributed by atoms with Crippen LogP contribution in [0, 0.1) is 12.3 Å². The van der Waals surface area contributed by atoms with Crippen LogP contribution in [0.1, 0.15) is 23.7 Å². The summed E-state index contributed by atoms with van der Waals surface area (Å²) < 4.78 is 0. The SMILES string of the molecule is C#CCN(CCC)c1ccncc1C(=O)O. The van der Waals surface area contributed by atoms with Crippen molar-refractivity contribution in [1.29, 1.82) is 0 Å². The first-order valence-electron chi connectivity index (χ1n) is 5.06. The highest BCUT2D eigenvalue weighted by atomic mass is 16.4. The fraction of sp³-hybridized carbons (Fsp3) is 0.333. The van der Waals surface area contributed by atoms with Crippen LogP contribution in [-0.2, 0) is 0 Å². The second kappa shape index (κ2) is 5.76. The predicted molar refractivity (Wildman–Crippen MR) is 62.5 cm³/mol. The molecule has 0 saturated heterocycles. The van der Waals surface area contributed by atoms with Gasteiger partial charge in [0, 0.05) is 18.9 Å². The normalized spacial score (nSPS) is 9.50. The van der Waals surface area contributed by atoms with Gasteiger partial charge in [-0.25, -0.2) is 4.79 Å². The van der Waals surface area contributed by atoms with Crippen LogP contribution >= 0.6 is 0 Å². The second-order valence-corrected chi connectivity index (χ2v) is 3.32. The van der Waals surface area contributed by atoms with Gasteiger partial charge in [-0.1, -0.05) is 12.8 Å². The lowest BCUT2D eigenvalue weighted by molar-refractivity contribution is 0.0697. The third-order valence-electron chi connectivity index (χ3n) is 2.14. The van der Waals surface area contributed by atoms with E-state index in [9.17, 15) is 4.79 Å². The van der Waals surface area contributed by atoms with E-state index in [2.05, 4.69) is 10.9 Å². The molecule has 0 aliphatic carbocycles. The molecule has 0 saturated carbocycles. The summed E-state index contributed by atoms with van der Waals surface area (Å²) in [5, 5.41) is 9.03. The van der Waals surface area contributed by atoms with Crippen LogP contribution in [0.25, 0.3) is 0 Å². The second-order valence-electron chi connectivity index (χ2n) is 3.32. The van der Waals surface area contributed by atoms with E-state index in [0.29, 0.717) is 12.2 Å². The van der Waals surface area contributed by atoms with E-state index in [1.165, 1.54) is 6.20 Å². The monoisotopic (exact) mass is 218 g/mol. The molecule has 1 aromatic heterocycles. The molecule has 1 N–H and O–H groups in total. The van der Waals surface area contributed by atoms with E-state index in [4.69, 9.17) is 11.5 Å². The Morgan fingerprint density at radius 3 is 3.00 bits per heavy atom. The number of aromatic nitrogens is 1. The summed E-state index contributed by atoms with van der Waals surface area (Å²) >= 11 is 0. The minimum atomic E-state index is -0.985. The Bertz CT molecular complexity index is 410. The van der Waals surface area contributed by atoms with Crippen molar-refractivity contribution >= 4 is 11.7 Å². The zero-order chi connectivity index (χ0) is 12.0. The molecule has 0 unspecified atom stereocenters. The standard InChI is InChI=1S/C12H14N2O2/c1-3-7-14(8-4-2)11-5-6-13-9-10(11)12(15)16/h1,5-6,9H,4,7-8H2,2H3,(H,15,16). The lowest BCUT2D eigenvalue weighted by Crippen LogP contribution is -2.26. The van der Waals surface area contributed by atoms with E-state index >= 15 is 0 Å². The molecule has 0 aliphatic heterocycles. The van der Waals surface area contributed by atoms with E-state index in [0.717, 1.165) is 13.0 Å². The third kappa shape index (κ3) is 2.74. The van der Waals surface area contributed by atoms with Gasteiger partial charge in [-0.15, -0.1) is 6.42 Å². The fourth-order valence-corrected chi connectivity index (χ4v) is 1.49. The van der Waals surface area contributed by atoms with Gasteiger partial charge in [0.15, 0.2) is 0 Å². The Balaban J connectivity index is 3.08. The highest BCUT2D eigenvalue weighted by Gasteiger charge is 2.14. The number of pyridine rings is 1. The van der Waals surface area contributed by atoms with Gasteiger partial charge >= 0.3 is 5.97 Å². The van der Waals surface area contributed by atoms with Gasteiger partial charge in [-0.05, 0) is 12.5 Å². The molecule has 1 aromatic rings. The molecule has 1 heterocycles. The van der Waals surface area contributed by atoms with Crippen LogP contribution in [0.4, 0.5) is 5.69 Å². The smallest absolute Gasteiger partial charge is 0.339 e. The van der Waals surface area contributed by atoms with Crippen LogP contribution in [0.5, 0.6) is 0 Å². The van der Waals surface area contributed by atoms with Crippen molar-refractivity contribution in [2.75, 3.05) is 18.0 Å². The van der Waals surface area contributed by atoms with Crippen LogP contribution < -0.4 is 4.90 Å². The molecule has 84 valence electrons. The lowest BCUT2D eigenvalue weighted by atomic mass is 10.2. The highest BCUT2D eigenvalue weighted by molar-refractivity contribution is 5.94. The first kappa shape index (κ1) is 12.1. The average molecular weight is 218 g/mol. The highest BCUT2D eigenvalue weighted by Crippen LogP contribution is 2.19. The molecule has 0 radical (unpaired) electrons. The zero-order valence-electron chi connectivity index (χ0n) is 9.18. The number of hydrogen-bond acceptors (Lipinski definition) is 3. The number of nitrogens with zero attached hydrogens (tertiary/aromatic N) is 2. The summed E-state index contributed by atoms with van der Waals surface area (Å²) in [5.41, 5.74) is 0.813. The maximum Gasteiger partial charge on any atom is 0.339 e. The first-order chi connectivity index (χ1) is 7.70. The Morgan fingerprint density at radius 1 is 1.69 bits per heavy atom. The molecule has 0 bridgehead atoms. The summed E-state index contributed by atoms with van der Waals surface area (Å²) in [7, 11) is 0. The van der Waals surface area contributed by atoms with Crippen LogP contribution in [0.15, 0.2) is 18.5 Å². The molecule has 4 nitrogen and oxygen atoms in total. The molecule has 1 rings (SSSR count). The Hall–Kier alpha value is -2.02. The fourth-order valence-electron chi connectivity index (χ4n) is 1.49. The molecule has 0 fully saturated rings. The third-order valence-corrected chi connectivity index (χ3v) is 2.14. The minimum Gasteiger partial charge on any atom is -0.478 e. The quantitative estimate of drug-likeness (QED) is 0.763. The maximum absolute atomic E-state index is 11.0. The molecule has 4 heteroatoms. The van der Waals surface area contributed by atoms with Gasteiger partial charge in [-0.3, -0.25) is 4.98 Å².